The molecule has 2 fully saturated rings. The van der Waals surface area contributed by atoms with Gasteiger partial charge in [0, 0.05) is 24.7 Å². The van der Waals surface area contributed by atoms with Crippen molar-refractivity contribution in [2.75, 3.05) is 6.61 Å². The topological polar surface area (TPSA) is 52.6 Å². The van der Waals surface area contributed by atoms with E-state index in [9.17, 15) is 9.59 Å². The molecule has 2 aliphatic rings. The van der Waals surface area contributed by atoms with Gasteiger partial charge in [0.25, 0.3) is 0 Å². The number of esters is 1. The lowest BCUT2D eigenvalue weighted by molar-refractivity contribution is -0.153. The second-order valence-corrected chi connectivity index (χ2v) is 6.34. The standard InChI is InChI=1S/C15H22O4/c1-10(16)5-6-13-14(3)7-12(19-11(2)17)8-15(13,4)18-9-14/h5-6,12-13H,7-9H2,1-4H3/b6-5+/t12-,13+,14+,15+/m0/s1. The van der Waals surface area contributed by atoms with Crippen LogP contribution in [-0.4, -0.2) is 30.1 Å². The van der Waals surface area contributed by atoms with E-state index < -0.39 is 0 Å². The van der Waals surface area contributed by atoms with Crippen LogP contribution in [0.15, 0.2) is 12.2 Å². The molecule has 0 N–H and O–H groups in total. The molecule has 4 nitrogen and oxygen atoms in total. The van der Waals surface area contributed by atoms with E-state index in [2.05, 4.69) is 6.92 Å². The van der Waals surface area contributed by atoms with Crippen LogP contribution in [-0.2, 0) is 19.1 Å². The van der Waals surface area contributed by atoms with Crippen LogP contribution in [0.4, 0.5) is 0 Å². The molecule has 0 aromatic carbocycles. The molecule has 1 saturated carbocycles. The summed E-state index contributed by atoms with van der Waals surface area (Å²) in [6.07, 6.45) is 4.99. The zero-order valence-corrected chi connectivity index (χ0v) is 12.1. The monoisotopic (exact) mass is 266 g/mol. The molecule has 19 heavy (non-hydrogen) atoms. The number of rotatable bonds is 3. The van der Waals surface area contributed by atoms with Crippen molar-refractivity contribution < 1.29 is 19.1 Å². The largest absolute Gasteiger partial charge is 0.462 e. The van der Waals surface area contributed by atoms with Gasteiger partial charge in [-0.1, -0.05) is 13.0 Å². The van der Waals surface area contributed by atoms with Gasteiger partial charge in [-0.3, -0.25) is 9.59 Å². The van der Waals surface area contributed by atoms with E-state index in [1.54, 1.807) is 13.0 Å². The molecule has 106 valence electrons. The van der Waals surface area contributed by atoms with Crippen molar-refractivity contribution in [3.63, 3.8) is 0 Å². The van der Waals surface area contributed by atoms with Gasteiger partial charge in [-0.25, -0.2) is 0 Å². The lowest BCUT2D eigenvalue weighted by Gasteiger charge is -2.43. The maximum Gasteiger partial charge on any atom is 0.302 e. The van der Waals surface area contributed by atoms with Crippen molar-refractivity contribution in [2.45, 2.75) is 52.2 Å². The molecule has 1 heterocycles. The Labute approximate surface area is 114 Å². The molecule has 0 aromatic rings. The van der Waals surface area contributed by atoms with Crippen LogP contribution < -0.4 is 0 Å². The molecule has 2 bridgehead atoms. The Morgan fingerprint density at radius 1 is 1.26 bits per heavy atom. The number of ketones is 1. The van der Waals surface area contributed by atoms with Crippen molar-refractivity contribution in [1.29, 1.82) is 0 Å². The SMILES string of the molecule is CC(=O)/C=C/[C@@H]1[C@@]2(C)CO[C@]1(C)C[C@@H](OC(C)=O)C2. The Morgan fingerprint density at radius 2 is 1.95 bits per heavy atom. The van der Waals surface area contributed by atoms with Crippen molar-refractivity contribution in [1.82, 2.24) is 0 Å². The van der Waals surface area contributed by atoms with Crippen LogP contribution >= 0.6 is 0 Å². The number of allylic oxidation sites excluding steroid dienone is 1. The van der Waals surface area contributed by atoms with Crippen LogP contribution in [0.1, 0.15) is 40.5 Å². The van der Waals surface area contributed by atoms with Crippen LogP contribution in [0.2, 0.25) is 0 Å². The summed E-state index contributed by atoms with van der Waals surface area (Å²) in [6, 6.07) is 0. The molecule has 1 saturated heterocycles. The summed E-state index contributed by atoms with van der Waals surface area (Å²) in [4.78, 5) is 22.3. The van der Waals surface area contributed by atoms with Gasteiger partial charge in [0.2, 0.25) is 0 Å². The first-order valence-corrected chi connectivity index (χ1v) is 6.75. The summed E-state index contributed by atoms with van der Waals surface area (Å²) in [5, 5.41) is 0. The summed E-state index contributed by atoms with van der Waals surface area (Å²) in [7, 11) is 0. The second kappa shape index (κ2) is 4.75. The summed E-state index contributed by atoms with van der Waals surface area (Å²) >= 11 is 0. The van der Waals surface area contributed by atoms with E-state index in [4.69, 9.17) is 9.47 Å². The van der Waals surface area contributed by atoms with E-state index in [0.717, 1.165) is 6.42 Å². The number of carbonyl (C=O) groups excluding carboxylic acids is 2. The summed E-state index contributed by atoms with van der Waals surface area (Å²) in [6.45, 7) is 7.82. The first-order valence-electron chi connectivity index (χ1n) is 6.75. The van der Waals surface area contributed by atoms with Crippen molar-refractivity contribution >= 4 is 11.8 Å². The zero-order chi connectivity index (χ0) is 14.3. The Morgan fingerprint density at radius 3 is 2.47 bits per heavy atom. The Hall–Kier alpha value is -1.16. The number of fused-ring (bicyclic) bond motifs is 2. The zero-order valence-electron chi connectivity index (χ0n) is 12.1. The van der Waals surface area contributed by atoms with Crippen molar-refractivity contribution in [3.05, 3.63) is 12.2 Å². The van der Waals surface area contributed by atoms with E-state index >= 15 is 0 Å². The van der Waals surface area contributed by atoms with Gasteiger partial charge >= 0.3 is 5.97 Å². The van der Waals surface area contributed by atoms with Gasteiger partial charge in [0.05, 0.1) is 12.2 Å². The minimum absolute atomic E-state index is 0.0497. The average Bonchev–Trinajstić information content (AvgIpc) is 2.38. The minimum atomic E-state index is -0.348. The molecular formula is C15H22O4. The summed E-state index contributed by atoms with van der Waals surface area (Å²) in [5.41, 5.74) is -0.419. The van der Waals surface area contributed by atoms with E-state index in [0.29, 0.717) is 13.0 Å². The highest BCUT2D eigenvalue weighted by Crippen LogP contribution is 2.55. The summed E-state index contributed by atoms with van der Waals surface area (Å²) in [5.74, 6) is -0.00116. The van der Waals surface area contributed by atoms with Gasteiger partial charge in [-0.2, -0.15) is 0 Å². The second-order valence-electron chi connectivity index (χ2n) is 6.34. The van der Waals surface area contributed by atoms with Gasteiger partial charge in [0.1, 0.15) is 6.10 Å². The average molecular weight is 266 g/mol. The summed E-state index contributed by atoms with van der Waals surface area (Å²) < 4.78 is 11.3. The maximum absolute atomic E-state index is 11.1. The first-order chi connectivity index (χ1) is 8.75. The Kier molecular flexibility index (Phi) is 3.56. The normalized spacial score (nSPS) is 41.5. The van der Waals surface area contributed by atoms with E-state index in [1.807, 2.05) is 13.0 Å². The fraction of sp³-hybridized carbons (Fsp3) is 0.733. The van der Waals surface area contributed by atoms with Crippen molar-refractivity contribution in [2.24, 2.45) is 11.3 Å². The molecule has 4 heteroatoms. The highest BCUT2D eigenvalue weighted by atomic mass is 16.6. The van der Waals surface area contributed by atoms with E-state index in [1.165, 1.54) is 6.92 Å². The third-order valence-corrected chi connectivity index (χ3v) is 4.32. The third-order valence-electron chi connectivity index (χ3n) is 4.32. The van der Waals surface area contributed by atoms with Gasteiger partial charge in [-0.05, 0) is 26.3 Å². The third kappa shape index (κ3) is 2.73. The van der Waals surface area contributed by atoms with Crippen LogP contribution in [0, 0.1) is 11.3 Å². The van der Waals surface area contributed by atoms with Gasteiger partial charge < -0.3 is 9.47 Å². The molecular weight excluding hydrogens is 244 g/mol. The highest BCUT2D eigenvalue weighted by molar-refractivity contribution is 5.87. The number of hydrogen-bond acceptors (Lipinski definition) is 4. The Bertz CT molecular complexity index is 408. The van der Waals surface area contributed by atoms with Crippen molar-refractivity contribution in [3.8, 4) is 0 Å². The first kappa shape index (κ1) is 14.3. The Balaban J connectivity index is 2.21. The van der Waals surface area contributed by atoms with Crippen LogP contribution in [0.3, 0.4) is 0 Å². The van der Waals surface area contributed by atoms with Crippen LogP contribution in [0.5, 0.6) is 0 Å². The van der Waals surface area contributed by atoms with E-state index in [-0.39, 0.29) is 34.8 Å². The fourth-order valence-electron chi connectivity index (χ4n) is 3.65. The molecule has 1 aliphatic carbocycles. The number of ether oxygens (including phenoxy) is 2. The molecule has 0 spiro atoms. The predicted octanol–water partition coefficient (Wildman–Crippen LogP) is 2.27. The molecule has 0 aromatic heterocycles. The molecule has 0 unspecified atom stereocenters. The quantitative estimate of drug-likeness (QED) is 0.581. The van der Waals surface area contributed by atoms with Gasteiger partial charge in [0.15, 0.2) is 5.78 Å². The minimum Gasteiger partial charge on any atom is -0.462 e. The van der Waals surface area contributed by atoms with Gasteiger partial charge in [-0.15, -0.1) is 0 Å². The fourth-order valence-corrected chi connectivity index (χ4v) is 3.65. The smallest absolute Gasteiger partial charge is 0.302 e. The predicted molar refractivity (Wildman–Crippen MR) is 70.6 cm³/mol. The molecule has 4 atom stereocenters. The number of carbonyl (C=O) groups is 2. The number of hydrogen-bond donors (Lipinski definition) is 0. The molecule has 0 radical (unpaired) electrons. The highest BCUT2D eigenvalue weighted by Gasteiger charge is 2.58. The molecule has 2 rings (SSSR count). The van der Waals surface area contributed by atoms with Crippen LogP contribution in [0.25, 0.3) is 0 Å². The molecule has 0 amide bonds. The molecule has 1 aliphatic heterocycles. The lowest BCUT2D eigenvalue weighted by Crippen LogP contribution is -2.47. The maximum atomic E-state index is 11.1. The lowest BCUT2D eigenvalue weighted by atomic mass is 9.62.